The molecule has 0 saturated heterocycles. The van der Waals surface area contributed by atoms with E-state index in [4.69, 9.17) is 28.4 Å². The molecule has 2 aliphatic heterocycles. The fraction of sp³-hybridized carbons (Fsp3) is 0.409. The first-order chi connectivity index (χ1) is 28.1. The van der Waals surface area contributed by atoms with Gasteiger partial charge in [-0.2, -0.15) is 0 Å². The van der Waals surface area contributed by atoms with Crippen molar-refractivity contribution in [2.24, 2.45) is 0 Å². The van der Waals surface area contributed by atoms with Crippen LogP contribution in [0.25, 0.3) is 12.2 Å². The zero-order chi connectivity index (χ0) is 41.9. The predicted octanol–water partition coefficient (Wildman–Crippen LogP) is 6.79. The fourth-order valence-corrected chi connectivity index (χ4v) is 6.25. The molecule has 0 N–H and O–H groups in total. The topological polar surface area (TPSA) is 164 Å². The molecule has 4 rings (SSSR count). The minimum atomic E-state index is -0.432. The molecule has 2 heterocycles. The average Bonchev–Trinajstić information content (AvgIpc) is 3.23. The van der Waals surface area contributed by atoms with E-state index in [1.807, 2.05) is 0 Å². The number of ether oxygens (including phenoxy) is 6. The Morgan fingerprint density at radius 2 is 0.862 bits per heavy atom. The monoisotopic (exact) mass is 800 g/mol. The van der Waals surface area contributed by atoms with Gasteiger partial charge in [-0.25, -0.2) is 0 Å². The van der Waals surface area contributed by atoms with Gasteiger partial charge in [0.15, 0.2) is 23.0 Å². The standard InChI is InChI=1S/C44H52N2O12/c1-53-33-27-31(21-23-39(49)45-25-15-13-17-37(45)47)28-34(54-2)43(33)57-41(51)19-11-9-7-5-6-8-10-12-20-42(52)58-44-35(55-3)29-32(30-36(44)56-4)22-24-40(50)46-26-16-14-18-38(46)48/h13-14,17-18,21-24,27-30H,5-12,15-16,19-20,25-26H2,1-4H3/b23-21+,24-22+. The molecule has 0 fully saturated rings. The smallest absolute Gasteiger partial charge is 0.311 e. The molecule has 14 nitrogen and oxygen atoms in total. The summed E-state index contributed by atoms with van der Waals surface area (Å²) in [5.41, 5.74) is 1.14. The van der Waals surface area contributed by atoms with Crippen molar-refractivity contribution in [3.63, 3.8) is 0 Å². The van der Waals surface area contributed by atoms with Crippen molar-refractivity contribution in [2.45, 2.75) is 77.0 Å². The molecule has 2 aromatic rings. The highest BCUT2D eigenvalue weighted by Gasteiger charge is 2.22. The van der Waals surface area contributed by atoms with Gasteiger partial charge in [-0.3, -0.25) is 38.6 Å². The lowest BCUT2D eigenvalue weighted by molar-refractivity contribution is -0.140. The maximum Gasteiger partial charge on any atom is 0.311 e. The van der Waals surface area contributed by atoms with Crippen molar-refractivity contribution in [1.29, 1.82) is 0 Å². The number of hydrogen-bond acceptors (Lipinski definition) is 12. The van der Waals surface area contributed by atoms with Crippen LogP contribution in [0.1, 0.15) is 88.2 Å². The van der Waals surface area contributed by atoms with Gasteiger partial charge < -0.3 is 28.4 Å². The van der Waals surface area contributed by atoms with Crippen molar-refractivity contribution >= 4 is 47.7 Å². The average molecular weight is 801 g/mol. The predicted molar refractivity (Wildman–Crippen MR) is 216 cm³/mol. The Kier molecular flexibility index (Phi) is 17.8. The van der Waals surface area contributed by atoms with Crippen molar-refractivity contribution in [2.75, 3.05) is 41.5 Å². The third kappa shape index (κ3) is 13.2. The fourth-order valence-electron chi connectivity index (χ4n) is 6.25. The van der Waals surface area contributed by atoms with Gasteiger partial charge in [-0.15, -0.1) is 0 Å². The molecule has 310 valence electrons. The zero-order valence-electron chi connectivity index (χ0n) is 33.6. The van der Waals surface area contributed by atoms with Crippen LogP contribution in [0.2, 0.25) is 0 Å². The third-order valence-corrected chi connectivity index (χ3v) is 9.37. The number of rotatable bonds is 21. The van der Waals surface area contributed by atoms with Crippen LogP contribution in [0.5, 0.6) is 34.5 Å². The summed E-state index contributed by atoms with van der Waals surface area (Å²) < 4.78 is 33.1. The molecule has 2 aliphatic rings. The van der Waals surface area contributed by atoms with Gasteiger partial charge in [0.05, 0.1) is 28.4 Å². The molecule has 0 aliphatic carbocycles. The van der Waals surface area contributed by atoms with Crippen LogP contribution >= 0.6 is 0 Å². The van der Waals surface area contributed by atoms with E-state index in [9.17, 15) is 28.8 Å². The second kappa shape index (κ2) is 23.1. The van der Waals surface area contributed by atoms with Gasteiger partial charge in [-0.1, -0.05) is 50.7 Å². The van der Waals surface area contributed by atoms with E-state index in [2.05, 4.69) is 0 Å². The summed E-state index contributed by atoms with van der Waals surface area (Å²) in [4.78, 5) is 76.8. The third-order valence-electron chi connectivity index (χ3n) is 9.37. The van der Waals surface area contributed by atoms with Gasteiger partial charge in [0.2, 0.25) is 11.5 Å². The quantitative estimate of drug-likeness (QED) is 0.0563. The summed E-state index contributed by atoms with van der Waals surface area (Å²) in [5, 5.41) is 0. The highest BCUT2D eigenvalue weighted by atomic mass is 16.6. The van der Waals surface area contributed by atoms with E-state index < -0.39 is 23.8 Å². The second-order valence-electron chi connectivity index (χ2n) is 13.5. The van der Waals surface area contributed by atoms with Crippen LogP contribution in [0.3, 0.4) is 0 Å². The summed E-state index contributed by atoms with van der Waals surface area (Å²) in [5.74, 6) is -1.04. The Bertz CT molecular complexity index is 1740. The first-order valence-electron chi connectivity index (χ1n) is 19.4. The second-order valence-corrected chi connectivity index (χ2v) is 13.5. The van der Waals surface area contributed by atoms with E-state index >= 15 is 0 Å². The minimum absolute atomic E-state index is 0.152. The minimum Gasteiger partial charge on any atom is -0.493 e. The molecule has 0 aromatic heterocycles. The Hall–Kier alpha value is -6.18. The Morgan fingerprint density at radius 3 is 1.17 bits per heavy atom. The molecule has 0 unspecified atom stereocenters. The number of carbonyl (C=O) groups is 6. The van der Waals surface area contributed by atoms with Gasteiger partial charge in [0.25, 0.3) is 23.6 Å². The van der Waals surface area contributed by atoms with Crippen molar-refractivity contribution in [3.8, 4) is 34.5 Å². The van der Waals surface area contributed by atoms with E-state index in [0.717, 1.165) is 48.3 Å². The number of amides is 4. The molecule has 14 heteroatoms. The molecule has 2 aromatic carbocycles. The first-order valence-corrected chi connectivity index (χ1v) is 19.4. The molecular weight excluding hydrogens is 748 g/mol. The number of carbonyl (C=O) groups excluding carboxylic acids is 6. The van der Waals surface area contributed by atoms with Crippen LogP contribution in [-0.2, 0) is 28.8 Å². The summed E-state index contributed by atoms with van der Waals surface area (Å²) >= 11 is 0. The van der Waals surface area contributed by atoms with Gasteiger partial charge >= 0.3 is 11.9 Å². The number of hydrogen-bond donors (Lipinski definition) is 0. The lowest BCUT2D eigenvalue weighted by Crippen LogP contribution is -2.37. The maximum atomic E-state index is 12.7. The zero-order valence-corrected chi connectivity index (χ0v) is 33.6. The van der Waals surface area contributed by atoms with Crippen LogP contribution in [-0.4, -0.2) is 86.9 Å². The maximum absolute atomic E-state index is 12.7. The first kappa shape index (κ1) is 44.5. The van der Waals surface area contributed by atoms with Crippen LogP contribution in [0.4, 0.5) is 0 Å². The SMILES string of the molecule is COc1cc(/C=C/C(=O)N2CCC=CC2=O)cc(OC)c1OC(=O)CCCCCCCCCCC(=O)Oc1c(OC)cc(/C=C/C(=O)N2CCC=CC2=O)cc1OC. The molecular formula is C44H52N2O12. The van der Waals surface area contributed by atoms with E-state index in [-0.39, 0.29) is 59.2 Å². The summed E-state index contributed by atoms with van der Waals surface area (Å²) in [6, 6.07) is 6.48. The lowest BCUT2D eigenvalue weighted by Gasteiger charge is -2.19. The van der Waals surface area contributed by atoms with Crippen molar-refractivity contribution in [1.82, 2.24) is 9.80 Å². The van der Waals surface area contributed by atoms with Gasteiger partial charge in [-0.05, 0) is 85.4 Å². The number of esters is 2. The van der Waals surface area contributed by atoms with Crippen molar-refractivity contribution < 1.29 is 57.2 Å². The van der Waals surface area contributed by atoms with Crippen LogP contribution in [0, 0.1) is 0 Å². The molecule has 0 atom stereocenters. The van der Waals surface area contributed by atoms with Gasteiger partial charge in [0, 0.05) is 38.1 Å². The molecule has 58 heavy (non-hydrogen) atoms. The lowest BCUT2D eigenvalue weighted by atomic mass is 10.1. The van der Waals surface area contributed by atoms with E-state index in [1.54, 1.807) is 48.6 Å². The summed E-state index contributed by atoms with van der Waals surface area (Å²) in [7, 11) is 5.77. The van der Waals surface area contributed by atoms with Gasteiger partial charge in [0.1, 0.15) is 0 Å². The highest BCUT2D eigenvalue weighted by Crippen LogP contribution is 2.40. The molecule has 0 spiro atoms. The van der Waals surface area contributed by atoms with E-state index in [1.165, 1.54) is 52.7 Å². The van der Waals surface area contributed by atoms with E-state index in [0.29, 0.717) is 49.9 Å². The summed E-state index contributed by atoms with van der Waals surface area (Å²) in [6.45, 7) is 0.646. The highest BCUT2D eigenvalue weighted by molar-refractivity contribution is 6.07. The Balaban J connectivity index is 1.12. The number of methoxy groups -OCH3 is 4. The largest absolute Gasteiger partial charge is 0.493 e. The molecule has 4 amide bonds. The number of unbranched alkanes of at least 4 members (excludes halogenated alkanes) is 7. The van der Waals surface area contributed by atoms with Crippen LogP contribution in [0.15, 0.2) is 60.7 Å². The number of benzene rings is 2. The number of nitrogens with zero attached hydrogens (tertiary/aromatic N) is 2. The molecule has 0 radical (unpaired) electrons. The molecule has 0 bridgehead atoms. The van der Waals surface area contributed by atoms with Crippen LogP contribution < -0.4 is 28.4 Å². The normalized spacial score (nSPS) is 13.9. The Morgan fingerprint density at radius 1 is 0.534 bits per heavy atom. The molecule has 0 saturated carbocycles. The summed E-state index contributed by atoms with van der Waals surface area (Å²) in [6.07, 6.45) is 20.5. The number of imide groups is 2. The van der Waals surface area contributed by atoms with Crippen molar-refractivity contribution in [3.05, 3.63) is 71.8 Å². The Labute approximate surface area is 339 Å².